The zero-order valence-corrected chi connectivity index (χ0v) is 5.42. The van der Waals surface area contributed by atoms with Crippen molar-refractivity contribution in [3.63, 3.8) is 0 Å². The maximum Gasteiger partial charge on any atom is 0.0132 e. The van der Waals surface area contributed by atoms with Gasteiger partial charge in [0.1, 0.15) is 0 Å². The largest absolute Gasteiger partial charge is 0.314 e. The van der Waals surface area contributed by atoms with Gasteiger partial charge < -0.3 is 5.32 Å². The van der Waals surface area contributed by atoms with E-state index in [9.17, 15) is 0 Å². The number of rotatable bonds is 3. The lowest BCUT2D eigenvalue weighted by molar-refractivity contribution is 0.800. The van der Waals surface area contributed by atoms with Crippen LogP contribution >= 0.6 is 12.4 Å². The van der Waals surface area contributed by atoms with Gasteiger partial charge in [-0.15, -0.1) is 19.0 Å². The van der Waals surface area contributed by atoms with E-state index in [4.69, 9.17) is 0 Å². The topological polar surface area (TPSA) is 12.0 Å². The highest BCUT2D eigenvalue weighted by atomic mass is 35.5. The molecule has 0 spiro atoms. The standard InChI is InChI=1S/C5H11N.ClH/c1-3-5-6-4-2;/h3,6H,1,4-5H2,2H3;1H. The Morgan fingerprint density at radius 1 is 1.71 bits per heavy atom. The lowest BCUT2D eigenvalue weighted by atomic mass is 10.6. The third-order valence-corrected chi connectivity index (χ3v) is 0.539. The molecule has 0 radical (unpaired) electrons. The molecular formula is C5H12ClN. The summed E-state index contributed by atoms with van der Waals surface area (Å²) >= 11 is 0. The second-order valence-electron chi connectivity index (χ2n) is 1.10. The summed E-state index contributed by atoms with van der Waals surface area (Å²) in [7, 11) is 0. The van der Waals surface area contributed by atoms with Gasteiger partial charge in [0.2, 0.25) is 0 Å². The van der Waals surface area contributed by atoms with Gasteiger partial charge in [-0.1, -0.05) is 13.0 Å². The lowest BCUT2D eigenvalue weighted by Crippen LogP contribution is -2.10. The van der Waals surface area contributed by atoms with E-state index in [1.165, 1.54) is 0 Å². The molecule has 0 heterocycles. The molecule has 0 fully saturated rings. The first-order valence-corrected chi connectivity index (χ1v) is 2.23. The van der Waals surface area contributed by atoms with Gasteiger partial charge in [-0.25, -0.2) is 0 Å². The van der Waals surface area contributed by atoms with Crippen molar-refractivity contribution in [3.8, 4) is 0 Å². The van der Waals surface area contributed by atoms with Crippen LogP contribution in [0.25, 0.3) is 0 Å². The number of hydrogen-bond donors (Lipinski definition) is 1. The second kappa shape index (κ2) is 9.37. The van der Waals surface area contributed by atoms with Crippen molar-refractivity contribution >= 4 is 12.4 Å². The van der Waals surface area contributed by atoms with Crippen LogP contribution in [0.2, 0.25) is 0 Å². The summed E-state index contributed by atoms with van der Waals surface area (Å²) in [6.07, 6.45) is 1.85. The molecule has 44 valence electrons. The van der Waals surface area contributed by atoms with Crippen LogP contribution in [0, 0.1) is 0 Å². The molecule has 0 aliphatic heterocycles. The van der Waals surface area contributed by atoms with Crippen LogP contribution in [0.3, 0.4) is 0 Å². The van der Waals surface area contributed by atoms with E-state index in [1.54, 1.807) is 0 Å². The normalized spacial score (nSPS) is 7.00. The maximum atomic E-state index is 3.54. The zero-order chi connectivity index (χ0) is 4.83. The fourth-order valence-electron chi connectivity index (χ4n) is 0.246. The van der Waals surface area contributed by atoms with E-state index in [-0.39, 0.29) is 12.4 Å². The Labute approximate surface area is 51.2 Å². The Morgan fingerprint density at radius 3 is 2.43 bits per heavy atom. The first-order valence-electron chi connectivity index (χ1n) is 2.23. The summed E-state index contributed by atoms with van der Waals surface area (Å²) in [6.45, 7) is 7.57. The van der Waals surface area contributed by atoms with Gasteiger partial charge in [-0.2, -0.15) is 0 Å². The van der Waals surface area contributed by atoms with E-state index in [2.05, 4.69) is 18.8 Å². The van der Waals surface area contributed by atoms with Gasteiger partial charge in [0, 0.05) is 6.54 Å². The molecule has 2 heteroatoms. The quantitative estimate of drug-likeness (QED) is 0.437. The van der Waals surface area contributed by atoms with Crippen molar-refractivity contribution in [2.45, 2.75) is 6.92 Å². The fraction of sp³-hybridized carbons (Fsp3) is 0.600. The van der Waals surface area contributed by atoms with E-state index >= 15 is 0 Å². The van der Waals surface area contributed by atoms with Crippen LogP contribution in [0.15, 0.2) is 12.7 Å². The Hall–Kier alpha value is -0.0100. The SMILES string of the molecule is C=CCNCC.Cl. The van der Waals surface area contributed by atoms with Gasteiger partial charge >= 0.3 is 0 Å². The highest BCUT2D eigenvalue weighted by molar-refractivity contribution is 5.85. The summed E-state index contributed by atoms with van der Waals surface area (Å²) in [4.78, 5) is 0. The minimum absolute atomic E-state index is 0. The van der Waals surface area contributed by atoms with Crippen molar-refractivity contribution in [1.29, 1.82) is 0 Å². The number of likely N-dealkylation sites (N-methyl/N-ethyl adjacent to an activating group) is 1. The Kier molecular flexibility index (Phi) is 13.5. The third kappa shape index (κ3) is 10.7. The second-order valence-corrected chi connectivity index (χ2v) is 1.10. The van der Waals surface area contributed by atoms with Gasteiger partial charge in [-0.3, -0.25) is 0 Å². The number of hydrogen-bond acceptors (Lipinski definition) is 1. The average molecular weight is 122 g/mol. The van der Waals surface area contributed by atoms with E-state index < -0.39 is 0 Å². The first kappa shape index (κ1) is 10.1. The van der Waals surface area contributed by atoms with Crippen LogP contribution in [-0.2, 0) is 0 Å². The first-order chi connectivity index (χ1) is 2.91. The molecule has 0 aromatic rings. The third-order valence-electron chi connectivity index (χ3n) is 0.539. The molecule has 0 saturated heterocycles. The number of nitrogens with one attached hydrogen (secondary N) is 1. The van der Waals surface area contributed by atoms with Crippen LogP contribution in [0.1, 0.15) is 6.92 Å². The Bertz CT molecular complexity index is 37.1. The van der Waals surface area contributed by atoms with Crippen molar-refractivity contribution < 1.29 is 0 Å². The highest BCUT2D eigenvalue weighted by Crippen LogP contribution is 1.55. The highest BCUT2D eigenvalue weighted by Gasteiger charge is 1.66. The van der Waals surface area contributed by atoms with Crippen LogP contribution < -0.4 is 5.32 Å². The van der Waals surface area contributed by atoms with Crippen molar-refractivity contribution in [3.05, 3.63) is 12.7 Å². The minimum atomic E-state index is 0. The summed E-state index contributed by atoms with van der Waals surface area (Å²) in [5.41, 5.74) is 0. The summed E-state index contributed by atoms with van der Waals surface area (Å²) in [5.74, 6) is 0. The molecule has 0 aromatic heterocycles. The van der Waals surface area contributed by atoms with Crippen molar-refractivity contribution in [1.82, 2.24) is 5.32 Å². The summed E-state index contributed by atoms with van der Waals surface area (Å²) < 4.78 is 0. The van der Waals surface area contributed by atoms with Gasteiger partial charge in [0.25, 0.3) is 0 Å². The predicted octanol–water partition coefficient (Wildman–Crippen LogP) is 1.20. The molecular weight excluding hydrogens is 110 g/mol. The molecule has 0 aliphatic rings. The lowest BCUT2D eigenvalue weighted by Gasteiger charge is -1.88. The van der Waals surface area contributed by atoms with E-state index in [0.29, 0.717) is 0 Å². The molecule has 0 saturated carbocycles. The summed E-state index contributed by atoms with van der Waals surface area (Å²) in [6, 6.07) is 0. The summed E-state index contributed by atoms with van der Waals surface area (Å²) in [5, 5.41) is 3.08. The molecule has 7 heavy (non-hydrogen) atoms. The average Bonchev–Trinajstić information content (AvgIpc) is 1.61. The van der Waals surface area contributed by atoms with E-state index in [1.807, 2.05) is 6.08 Å². The predicted molar refractivity (Wildman–Crippen MR) is 36.0 cm³/mol. The van der Waals surface area contributed by atoms with Crippen LogP contribution in [-0.4, -0.2) is 13.1 Å². The molecule has 0 aliphatic carbocycles. The molecule has 0 bridgehead atoms. The van der Waals surface area contributed by atoms with E-state index in [0.717, 1.165) is 13.1 Å². The molecule has 0 amide bonds. The Morgan fingerprint density at radius 2 is 2.29 bits per heavy atom. The fourth-order valence-corrected chi connectivity index (χ4v) is 0.246. The smallest absolute Gasteiger partial charge is 0.0132 e. The van der Waals surface area contributed by atoms with Crippen LogP contribution in [0.5, 0.6) is 0 Å². The van der Waals surface area contributed by atoms with Gasteiger partial charge in [-0.05, 0) is 6.54 Å². The molecule has 0 atom stereocenters. The van der Waals surface area contributed by atoms with Crippen LogP contribution in [0.4, 0.5) is 0 Å². The van der Waals surface area contributed by atoms with Crippen molar-refractivity contribution in [2.24, 2.45) is 0 Å². The molecule has 1 N–H and O–H groups in total. The molecule has 0 unspecified atom stereocenters. The zero-order valence-electron chi connectivity index (χ0n) is 4.61. The van der Waals surface area contributed by atoms with Gasteiger partial charge in [0.05, 0.1) is 0 Å². The molecule has 0 aromatic carbocycles. The molecule has 0 rings (SSSR count). The monoisotopic (exact) mass is 121 g/mol. The Balaban J connectivity index is 0. The number of halogens is 1. The minimum Gasteiger partial charge on any atom is -0.314 e. The van der Waals surface area contributed by atoms with Gasteiger partial charge in [0.15, 0.2) is 0 Å². The van der Waals surface area contributed by atoms with Crippen molar-refractivity contribution in [2.75, 3.05) is 13.1 Å². The maximum absolute atomic E-state index is 3.54. The molecule has 1 nitrogen and oxygen atoms in total.